The first-order chi connectivity index (χ1) is 15.0. The third-order valence-corrected chi connectivity index (χ3v) is 6.11. The van der Waals surface area contributed by atoms with Gasteiger partial charge in [-0.15, -0.1) is 0 Å². The Morgan fingerprint density at radius 3 is 2.74 bits per heavy atom. The summed E-state index contributed by atoms with van der Waals surface area (Å²) in [6.45, 7) is 1.13. The number of nitrogens with one attached hydrogen (secondary N) is 1. The van der Waals surface area contributed by atoms with Crippen molar-refractivity contribution in [2.24, 2.45) is 11.8 Å². The van der Waals surface area contributed by atoms with E-state index in [1.165, 1.54) is 23.3 Å². The number of nitriles is 1. The summed E-state index contributed by atoms with van der Waals surface area (Å²) in [6, 6.07) is 7.37. The molecule has 1 amide bonds. The zero-order valence-electron chi connectivity index (χ0n) is 17.1. The zero-order chi connectivity index (χ0) is 21.8. The van der Waals surface area contributed by atoms with E-state index in [1.54, 1.807) is 12.3 Å². The standard InChI is InChI=1S/C23H24F2N4O2/c24-19-9-18(13-27-14-19)22-7-8-31-29(22)23(30)16-3-1-15(2-4-16)12-28-20-5-6-21(25)17(10-20)11-26/h5-6,9-10,13-16,22,28H,1-4,7-8,12H2/t15-,16-,22-/m0/s1. The number of hydrogen-bond donors (Lipinski definition) is 1. The fraction of sp³-hybridized carbons (Fsp3) is 0.435. The van der Waals surface area contributed by atoms with Gasteiger partial charge in [-0.2, -0.15) is 5.26 Å². The van der Waals surface area contributed by atoms with Crippen LogP contribution in [0.25, 0.3) is 0 Å². The molecule has 0 radical (unpaired) electrons. The van der Waals surface area contributed by atoms with Crippen LogP contribution in [-0.2, 0) is 9.63 Å². The number of rotatable bonds is 5. The number of nitrogens with zero attached hydrogens (tertiary/aromatic N) is 3. The van der Waals surface area contributed by atoms with Gasteiger partial charge < -0.3 is 5.32 Å². The third kappa shape index (κ3) is 4.83. The molecule has 1 aromatic carbocycles. The highest BCUT2D eigenvalue weighted by atomic mass is 19.1. The van der Waals surface area contributed by atoms with Gasteiger partial charge in [0.15, 0.2) is 0 Å². The van der Waals surface area contributed by atoms with Crippen molar-refractivity contribution in [3.05, 3.63) is 59.4 Å². The van der Waals surface area contributed by atoms with Gasteiger partial charge in [0.1, 0.15) is 17.7 Å². The number of halogens is 2. The highest BCUT2D eigenvalue weighted by Gasteiger charge is 2.37. The van der Waals surface area contributed by atoms with Crippen molar-refractivity contribution in [2.75, 3.05) is 18.5 Å². The van der Waals surface area contributed by atoms with Crippen LogP contribution in [-0.4, -0.2) is 29.1 Å². The van der Waals surface area contributed by atoms with Crippen LogP contribution in [0.3, 0.4) is 0 Å². The maximum atomic E-state index is 13.6. The maximum absolute atomic E-state index is 13.6. The van der Waals surface area contributed by atoms with E-state index >= 15 is 0 Å². The van der Waals surface area contributed by atoms with Crippen LogP contribution in [0.2, 0.25) is 0 Å². The zero-order valence-corrected chi connectivity index (χ0v) is 17.1. The number of hydrogen-bond acceptors (Lipinski definition) is 5. The second-order valence-corrected chi connectivity index (χ2v) is 8.14. The second-order valence-electron chi connectivity index (χ2n) is 8.14. The van der Waals surface area contributed by atoms with Gasteiger partial charge in [0.05, 0.1) is 24.4 Å². The highest BCUT2D eigenvalue weighted by molar-refractivity contribution is 5.78. The van der Waals surface area contributed by atoms with Crippen LogP contribution in [0.15, 0.2) is 36.7 Å². The summed E-state index contributed by atoms with van der Waals surface area (Å²) in [5.41, 5.74) is 1.39. The van der Waals surface area contributed by atoms with Crippen molar-refractivity contribution in [3.8, 4) is 6.07 Å². The van der Waals surface area contributed by atoms with E-state index in [-0.39, 0.29) is 23.4 Å². The topological polar surface area (TPSA) is 78.2 Å². The SMILES string of the molecule is N#Cc1cc(NC[C@H]2CC[C@H](C(=O)N3OCC[C@H]3c3cncc(F)c3)CC2)ccc1F. The highest BCUT2D eigenvalue weighted by Crippen LogP contribution is 2.36. The lowest BCUT2D eigenvalue weighted by Crippen LogP contribution is -2.37. The van der Waals surface area contributed by atoms with Gasteiger partial charge in [0.25, 0.3) is 0 Å². The minimum absolute atomic E-state index is 0.0213. The summed E-state index contributed by atoms with van der Waals surface area (Å²) in [7, 11) is 0. The van der Waals surface area contributed by atoms with Crippen LogP contribution in [0.5, 0.6) is 0 Å². The molecule has 31 heavy (non-hydrogen) atoms. The lowest BCUT2D eigenvalue weighted by atomic mass is 9.81. The van der Waals surface area contributed by atoms with Crippen molar-refractivity contribution in [3.63, 3.8) is 0 Å². The van der Waals surface area contributed by atoms with Crippen LogP contribution in [0.4, 0.5) is 14.5 Å². The molecule has 1 aliphatic carbocycles. The fourth-order valence-corrected chi connectivity index (χ4v) is 4.38. The van der Waals surface area contributed by atoms with E-state index in [2.05, 4.69) is 10.3 Å². The number of hydroxylamine groups is 2. The molecule has 1 N–H and O–H groups in total. The van der Waals surface area contributed by atoms with Crippen molar-refractivity contribution < 1.29 is 18.4 Å². The molecule has 0 bridgehead atoms. The van der Waals surface area contributed by atoms with Crippen molar-refractivity contribution in [1.29, 1.82) is 5.26 Å². The Bertz CT molecular complexity index is 986. The van der Waals surface area contributed by atoms with Crippen LogP contribution >= 0.6 is 0 Å². The predicted molar refractivity (Wildman–Crippen MR) is 109 cm³/mol. The molecule has 1 saturated carbocycles. The first-order valence-electron chi connectivity index (χ1n) is 10.5. The minimum atomic E-state index is -0.525. The molecule has 2 fully saturated rings. The number of benzene rings is 1. The van der Waals surface area contributed by atoms with E-state index in [4.69, 9.17) is 10.1 Å². The molecule has 4 rings (SSSR count). The van der Waals surface area contributed by atoms with Gasteiger partial charge in [-0.05, 0) is 61.4 Å². The number of carbonyl (C=O) groups is 1. The average molecular weight is 426 g/mol. The number of anilines is 1. The Balaban J connectivity index is 1.30. The minimum Gasteiger partial charge on any atom is -0.385 e. The first kappa shape index (κ1) is 21.2. The van der Waals surface area contributed by atoms with E-state index < -0.39 is 11.6 Å². The average Bonchev–Trinajstić information content (AvgIpc) is 3.28. The second kappa shape index (κ2) is 9.40. The first-order valence-corrected chi connectivity index (χ1v) is 10.5. The molecule has 1 saturated heterocycles. The molecule has 1 atom stereocenters. The molecule has 0 unspecified atom stereocenters. The molecular formula is C23H24F2N4O2. The van der Waals surface area contributed by atoms with Gasteiger partial charge in [-0.25, -0.2) is 13.8 Å². The van der Waals surface area contributed by atoms with Gasteiger partial charge in [0, 0.05) is 30.8 Å². The van der Waals surface area contributed by atoms with Gasteiger partial charge >= 0.3 is 0 Å². The van der Waals surface area contributed by atoms with Crippen LogP contribution in [0, 0.1) is 34.8 Å². The maximum Gasteiger partial charge on any atom is 0.249 e. The predicted octanol–water partition coefficient (Wildman–Crippen LogP) is 4.35. The summed E-state index contributed by atoms with van der Waals surface area (Å²) >= 11 is 0. The molecule has 1 aromatic heterocycles. The third-order valence-electron chi connectivity index (χ3n) is 6.11. The van der Waals surface area contributed by atoms with Crippen molar-refractivity contribution >= 4 is 11.6 Å². The van der Waals surface area contributed by atoms with Gasteiger partial charge in [-0.3, -0.25) is 14.6 Å². The number of pyridine rings is 1. The summed E-state index contributed by atoms with van der Waals surface area (Å²) in [6.07, 6.45) is 6.63. The lowest BCUT2D eigenvalue weighted by Gasteiger charge is -2.32. The normalized spacial score (nSPS) is 23.4. The van der Waals surface area contributed by atoms with Crippen LogP contribution in [0.1, 0.15) is 49.3 Å². The molecule has 6 nitrogen and oxygen atoms in total. The smallest absolute Gasteiger partial charge is 0.249 e. The van der Waals surface area contributed by atoms with Gasteiger partial charge in [-0.1, -0.05) is 0 Å². The summed E-state index contributed by atoms with van der Waals surface area (Å²) in [4.78, 5) is 22.6. The molecular weight excluding hydrogens is 402 g/mol. The summed E-state index contributed by atoms with van der Waals surface area (Å²) < 4.78 is 27.0. The van der Waals surface area contributed by atoms with E-state index in [0.29, 0.717) is 36.7 Å². The van der Waals surface area contributed by atoms with Crippen molar-refractivity contribution in [1.82, 2.24) is 10.0 Å². The molecule has 162 valence electrons. The summed E-state index contributed by atoms with van der Waals surface area (Å²) in [5.74, 6) is -0.719. The Morgan fingerprint density at radius 1 is 1.19 bits per heavy atom. The monoisotopic (exact) mass is 426 g/mol. The molecule has 1 aliphatic heterocycles. The Kier molecular flexibility index (Phi) is 6.42. The Labute approximate surface area is 179 Å². The van der Waals surface area contributed by atoms with E-state index in [9.17, 15) is 13.6 Å². The Hall–Kier alpha value is -3.05. The molecule has 2 aromatic rings. The van der Waals surface area contributed by atoms with Gasteiger partial charge in [0.2, 0.25) is 5.91 Å². The molecule has 2 heterocycles. The van der Waals surface area contributed by atoms with Crippen molar-refractivity contribution in [2.45, 2.75) is 38.1 Å². The molecule has 2 aliphatic rings. The molecule has 8 heteroatoms. The number of amides is 1. The number of aromatic nitrogens is 1. The number of carbonyl (C=O) groups excluding carboxylic acids is 1. The lowest BCUT2D eigenvalue weighted by molar-refractivity contribution is -0.183. The van der Waals surface area contributed by atoms with E-state index in [0.717, 1.165) is 31.9 Å². The van der Waals surface area contributed by atoms with Crippen LogP contribution < -0.4 is 5.32 Å². The quantitative estimate of drug-likeness (QED) is 0.769. The largest absolute Gasteiger partial charge is 0.385 e. The fourth-order valence-electron chi connectivity index (χ4n) is 4.38. The summed E-state index contributed by atoms with van der Waals surface area (Å²) in [5, 5.41) is 13.6. The molecule has 0 spiro atoms. The van der Waals surface area contributed by atoms with E-state index in [1.807, 2.05) is 6.07 Å². The Morgan fingerprint density at radius 2 is 2.00 bits per heavy atom.